The van der Waals surface area contributed by atoms with Gasteiger partial charge in [-0.2, -0.15) is 0 Å². The number of ether oxygens (including phenoxy) is 2. The number of hydrogen-bond donors (Lipinski definition) is 1. The van der Waals surface area contributed by atoms with Gasteiger partial charge in [-0.3, -0.25) is 4.79 Å². The van der Waals surface area contributed by atoms with Crippen LogP contribution in [0.25, 0.3) is 0 Å². The van der Waals surface area contributed by atoms with E-state index in [1.807, 2.05) is 48.8 Å². The average molecular weight is 405 g/mol. The number of amides is 1. The van der Waals surface area contributed by atoms with E-state index in [0.29, 0.717) is 18.9 Å². The maximum atomic E-state index is 12.9. The SMILES string of the molecule is COc1ccc2c(c1)CC(C(=O)Nc1cccc(Cn3ccnc3C(C)C)c1)CO2. The highest BCUT2D eigenvalue weighted by Crippen LogP contribution is 2.31. The summed E-state index contributed by atoms with van der Waals surface area (Å²) >= 11 is 0. The molecule has 6 heteroatoms. The van der Waals surface area contributed by atoms with Crippen LogP contribution in [0.4, 0.5) is 5.69 Å². The number of benzene rings is 2. The number of carbonyl (C=O) groups excluding carboxylic acids is 1. The van der Waals surface area contributed by atoms with Gasteiger partial charge in [-0.25, -0.2) is 4.98 Å². The van der Waals surface area contributed by atoms with E-state index in [1.54, 1.807) is 7.11 Å². The summed E-state index contributed by atoms with van der Waals surface area (Å²) in [5.74, 6) is 2.73. The van der Waals surface area contributed by atoms with E-state index in [9.17, 15) is 4.79 Å². The lowest BCUT2D eigenvalue weighted by Crippen LogP contribution is -2.32. The fourth-order valence-electron chi connectivity index (χ4n) is 3.81. The molecule has 1 N–H and O–H groups in total. The van der Waals surface area contributed by atoms with Gasteiger partial charge < -0.3 is 19.4 Å². The van der Waals surface area contributed by atoms with Crippen LogP contribution >= 0.6 is 0 Å². The van der Waals surface area contributed by atoms with E-state index in [2.05, 4.69) is 34.8 Å². The molecule has 0 radical (unpaired) electrons. The molecular formula is C24H27N3O3. The summed E-state index contributed by atoms with van der Waals surface area (Å²) in [4.78, 5) is 17.3. The molecule has 2 aromatic carbocycles. The number of anilines is 1. The van der Waals surface area contributed by atoms with Crippen LogP contribution in [-0.2, 0) is 17.8 Å². The number of aromatic nitrogens is 2. The standard InChI is InChI=1S/C24H27N3O3/c1-16(2)23-25-9-10-27(23)14-17-5-4-6-20(11-17)26-24(28)19-12-18-13-21(29-3)7-8-22(18)30-15-19/h4-11,13,16,19H,12,14-15H2,1-3H3,(H,26,28). The molecule has 1 amide bonds. The van der Waals surface area contributed by atoms with Crippen molar-refractivity contribution in [2.24, 2.45) is 5.92 Å². The number of hydrogen-bond acceptors (Lipinski definition) is 4. The van der Waals surface area contributed by atoms with Crippen molar-refractivity contribution in [1.29, 1.82) is 0 Å². The van der Waals surface area contributed by atoms with E-state index in [1.165, 1.54) is 0 Å². The van der Waals surface area contributed by atoms with Crippen molar-refractivity contribution in [2.75, 3.05) is 19.0 Å². The van der Waals surface area contributed by atoms with E-state index in [4.69, 9.17) is 9.47 Å². The number of methoxy groups -OCH3 is 1. The molecular weight excluding hydrogens is 378 g/mol. The van der Waals surface area contributed by atoms with Crippen molar-refractivity contribution in [2.45, 2.75) is 32.7 Å². The Labute approximate surface area is 176 Å². The predicted octanol–water partition coefficient (Wildman–Crippen LogP) is 4.25. The number of rotatable bonds is 6. The Kier molecular flexibility index (Phi) is 5.74. The fraction of sp³-hybridized carbons (Fsp3) is 0.333. The van der Waals surface area contributed by atoms with Gasteiger partial charge in [0.2, 0.25) is 5.91 Å². The molecule has 0 bridgehead atoms. The van der Waals surface area contributed by atoms with Crippen LogP contribution in [0.2, 0.25) is 0 Å². The predicted molar refractivity (Wildman–Crippen MR) is 116 cm³/mol. The summed E-state index contributed by atoms with van der Waals surface area (Å²) < 4.78 is 13.2. The Morgan fingerprint density at radius 3 is 2.97 bits per heavy atom. The van der Waals surface area contributed by atoms with Crippen molar-refractivity contribution in [1.82, 2.24) is 9.55 Å². The van der Waals surface area contributed by atoms with Crippen molar-refractivity contribution in [3.8, 4) is 11.5 Å². The molecule has 30 heavy (non-hydrogen) atoms. The quantitative estimate of drug-likeness (QED) is 0.666. The molecule has 1 aromatic heterocycles. The lowest BCUT2D eigenvalue weighted by molar-refractivity contribution is -0.121. The van der Waals surface area contributed by atoms with E-state index >= 15 is 0 Å². The maximum Gasteiger partial charge on any atom is 0.231 e. The molecule has 0 spiro atoms. The van der Waals surface area contributed by atoms with Gasteiger partial charge in [0.05, 0.1) is 13.0 Å². The Bertz CT molecular complexity index is 1040. The summed E-state index contributed by atoms with van der Waals surface area (Å²) in [5, 5.41) is 3.05. The molecule has 1 atom stereocenters. The summed E-state index contributed by atoms with van der Waals surface area (Å²) in [6.07, 6.45) is 4.45. The van der Waals surface area contributed by atoms with E-state index in [0.717, 1.165) is 40.7 Å². The van der Waals surface area contributed by atoms with Gasteiger partial charge >= 0.3 is 0 Å². The van der Waals surface area contributed by atoms with Crippen LogP contribution in [-0.4, -0.2) is 29.2 Å². The molecule has 0 saturated carbocycles. The van der Waals surface area contributed by atoms with Crippen molar-refractivity contribution >= 4 is 11.6 Å². The number of nitrogens with one attached hydrogen (secondary N) is 1. The Morgan fingerprint density at radius 2 is 2.17 bits per heavy atom. The molecule has 1 unspecified atom stereocenters. The van der Waals surface area contributed by atoms with Gasteiger partial charge in [0.15, 0.2) is 0 Å². The van der Waals surface area contributed by atoms with Crippen molar-refractivity contribution < 1.29 is 14.3 Å². The number of imidazole rings is 1. The van der Waals surface area contributed by atoms with Crippen LogP contribution in [0, 0.1) is 5.92 Å². The molecule has 6 nitrogen and oxygen atoms in total. The average Bonchev–Trinajstić information content (AvgIpc) is 3.21. The minimum absolute atomic E-state index is 0.0360. The number of fused-ring (bicyclic) bond motifs is 1. The number of nitrogens with zero attached hydrogens (tertiary/aromatic N) is 2. The Morgan fingerprint density at radius 1 is 1.30 bits per heavy atom. The molecule has 0 saturated heterocycles. The van der Waals surface area contributed by atoms with Crippen molar-refractivity contribution in [3.63, 3.8) is 0 Å². The van der Waals surface area contributed by atoms with Gasteiger partial charge in [-0.15, -0.1) is 0 Å². The summed E-state index contributed by atoms with van der Waals surface area (Å²) in [7, 11) is 1.64. The maximum absolute atomic E-state index is 12.9. The van der Waals surface area contributed by atoms with Gasteiger partial charge in [-0.1, -0.05) is 26.0 Å². The monoisotopic (exact) mass is 405 g/mol. The lowest BCUT2D eigenvalue weighted by atomic mass is 9.95. The molecule has 1 aliphatic heterocycles. The van der Waals surface area contributed by atoms with Gasteiger partial charge in [-0.05, 0) is 47.9 Å². The first-order valence-electron chi connectivity index (χ1n) is 10.2. The van der Waals surface area contributed by atoms with E-state index < -0.39 is 0 Å². The highest BCUT2D eigenvalue weighted by atomic mass is 16.5. The minimum atomic E-state index is -0.241. The van der Waals surface area contributed by atoms with Crippen LogP contribution in [0.3, 0.4) is 0 Å². The second kappa shape index (κ2) is 8.61. The molecule has 4 rings (SSSR count). The zero-order valence-electron chi connectivity index (χ0n) is 17.6. The summed E-state index contributed by atoms with van der Waals surface area (Å²) in [6.45, 7) is 5.36. The van der Waals surface area contributed by atoms with Crippen molar-refractivity contribution in [3.05, 3.63) is 71.8 Å². The molecule has 156 valence electrons. The Hall–Kier alpha value is -3.28. The largest absolute Gasteiger partial charge is 0.497 e. The Balaban J connectivity index is 1.44. The van der Waals surface area contributed by atoms with Crippen LogP contribution in [0.15, 0.2) is 54.9 Å². The smallest absolute Gasteiger partial charge is 0.231 e. The number of carbonyl (C=O) groups is 1. The first-order valence-corrected chi connectivity index (χ1v) is 10.2. The third kappa shape index (κ3) is 4.32. The molecule has 3 aromatic rings. The van der Waals surface area contributed by atoms with Crippen LogP contribution in [0.5, 0.6) is 11.5 Å². The topological polar surface area (TPSA) is 65.4 Å². The lowest BCUT2D eigenvalue weighted by Gasteiger charge is -2.25. The minimum Gasteiger partial charge on any atom is -0.497 e. The third-order valence-corrected chi connectivity index (χ3v) is 5.36. The first kappa shape index (κ1) is 20.0. The zero-order chi connectivity index (χ0) is 21.1. The fourth-order valence-corrected chi connectivity index (χ4v) is 3.81. The second-order valence-electron chi connectivity index (χ2n) is 7.94. The van der Waals surface area contributed by atoms with Gasteiger partial charge in [0.1, 0.15) is 23.9 Å². The van der Waals surface area contributed by atoms with Crippen LogP contribution < -0.4 is 14.8 Å². The van der Waals surface area contributed by atoms with Gasteiger partial charge in [0.25, 0.3) is 0 Å². The highest BCUT2D eigenvalue weighted by Gasteiger charge is 2.26. The van der Waals surface area contributed by atoms with E-state index in [-0.39, 0.29) is 11.8 Å². The van der Waals surface area contributed by atoms with Crippen LogP contribution in [0.1, 0.15) is 36.7 Å². The zero-order valence-corrected chi connectivity index (χ0v) is 17.6. The highest BCUT2D eigenvalue weighted by molar-refractivity contribution is 5.93. The third-order valence-electron chi connectivity index (χ3n) is 5.36. The molecule has 0 fully saturated rings. The summed E-state index contributed by atoms with van der Waals surface area (Å²) in [5.41, 5.74) is 2.90. The normalized spacial score (nSPS) is 15.4. The molecule has 2 heterocycles. The molecule has 0 aliphatic carbocycles. The molecule has 1 aliphatic rings. The first-order chi connectivity index (χ1) is 14.5. The summed E-state index contributed by atoms with van der Waals surface area (Å²) in [6, 6.07) is 13.7. The second-order valence-corrected chi connectivity index (χ2v) is 7.94. The van der Waals surface area contributed by atoms with Gasteiger partial charge in [0, 0.05) is 30.5 Å².